The number of nitrogens with one attached hydrogen (secondary N) is 1. The molecule has 15 heavy (non-hydrogen) atoms. The van der Waals surface area contributed by atoms with Gasteiger partial charge in [0.1, 0.15) is 0 Å². The van der Waals surface area contributed by atoms with Crippen LogP contribution in [0.2, 0.25) is 0 Å². The lowest BCUT2D eigenvalue weighted by Crippen LogP contribution is -2.12. The van der Waals surface area contributed by atoms with E-state index in [0.717, 1.165) is 0 Å². The molecule has 0 fully saturated rings. The van der Waals surface area contributed by atoms with Gasteiger partial charge in [-0.2, -0.15) is 0 Å². The third-order valence-corrected chi connectivity index (χ3v) is 3.43. The van der Waals surface area contributed by atoms with Crippen molar-refractivity contribution in [3.63, 3.8) is 0 Å². The zero-order valence-electron chi connectivity index (χ0n) is 8.96. The van der Waals surface area contributed by atoms with E-state index in [1.807, 2.05) is 0 Å². The van der Waals surface area contributed by atoms with Gasteiger partial charge >= 0.3 is 0 Å². The highest BCUT2D eigenvalue weighted by atomic mass is 14.9. The number of hydrogen-bond donors (Lipinski definition) is 1. The molecule has 0 radical (unpaired) electrons. The van der Waals surface area contributed by atoms with Crippen LogP contribution < -0.4 is 5.32 Å². The molecule has 0 saturated carbocycles. The smallest absolute Gasteiger partial charge is 0.0323 e. The van der Waals surface area contributed by atoms with Crippen molar-refractivity contribution in [2.75, 3.05) is 7.05 Å². The zero-order valence-corrected chi connectivity index (χ0v) is 8.96. The Morgan fingerprint density at radius 2 is 1.87 bits per heavy atom. The zero-order chi connectivity index (χ0) is 10.3. The monoisotopic (exact) mass is 197 g/mol. The van der Waals surface area contributed by atoms with Gasteiger partial charge in [-0.25, -0.2) is 0 Å². The summed E-state index contributed by atoms with van der Waals surface area (Å²) in [7, 11) is 2.05. The maximum absolute atomic E-state index is 3.38. The Morgan fingerprint density at radius 1 is 1.13 bits per heavy atom. The lowest BCUT2D eigenvalue weighted by molar-refractivity contribution is 0.591. The van der Waals surface area contributed by atoms with E-state index in [9.17, 15) is 0 Å². The third kappa shape index (κ3) is 1.35. The fraction of sp³-hybridized carbons (Fsp3) is 0.286. The van der Waals surface area contributed by atoms with Gasteiger partial charge in [0.25, 0.3) is 0 Å². The minimum atomic E-state index is 0.560. The minimum Gasteiger partial charge on any atom is -0.313 e. The van der Waals surface area contributed by atoms with Crippen molar-refractivity contribution in [2.45, 2.75) is 18.9 Å². The van der Waals surface area contributed by atoms with Crippen LogP contribution in [-0.2, 0) is 6.42 Å². The molecule has 1 heteroatoms. The van der Waals surface area contributed by atoms with Gasteiger partial charge in [0.05, 0.1) is 0 Å². The molecule has 0 heterocycles. The molecule has 2 aromatic rings. The maximum Gasteiger partial charge on any atom is 0.0323 e. The first kappa shape index (κ1) is 8.93. The maximum atomic E-state index is 3.38. The van der Waals surface area contributed by atoms with E-state index >= 15 is 0 Å². The second kappa shape index (κ2) is 3.35. The van der Waals surface area contributed by atoms with Crippen molar-refractivity contribution < 1.29 is 0 Å². The Kier molecular flexibility index (Phi) is 2.00. The predicted molar refractivity (Wildman–Crippen MR) is 64.1 cm³/mol. The minimum absolute atomic E-state index is 0.560. The average Bonchev–Trinajstić information content (AvgIpc) is 2.68. The Morgan fingerprint density at radius 3 is 2.60 bits per heavy atom. The van der Waals surface area contributed by atoms with Crippen LogP contribution in [0.15, 0.2) is 36.4 Å². The lowest BCUT2D eigenvalue weighted by Gasteiger charge is -2.10. The van der Waals surface area contributed by atoms with Crippen LogP contribution in [0.3, 0.4) is 0 Å². The van der Waals surface area contributed by atoms with Crippen LogP contribution in [-0.4, -0.2) is 7.05 Å². The largest absolute Gasteiger partial charge is 0.313 e. The lowest BCUT2D eigenvalue weighted by atomic mass is 10.0. The van der Waals surface area contributed by atoms with Gasteiger partial charge in [0.15, 0.2) is 0 Å². The summed E-state index contributed by atoms with van der Waals surface area (Å²) in [5.74, 6) is 0. The van der Waals surface area contributed by atoms with E-state index in [4.69, 9.17) is 0 Å². The van der Waals surface area contributed by atoms with Crippen molar-refractivity contribution in [3.8, 4) is 0 Å². The van der Waals surface area contributed by atoms with Gasteiger partial charge in [0.2, 0.25) is 0 Å². The SMILES string of the molecule is CNC1CCc2cc3ccccc3cc21. The Hall–Kier alpha value is -1.34. The van der Waals surface area contributed by atoms with E-state index in [2.05, 4.69) is 48.8 Å². The van der Waals surface area contributed by atoms with Gasteiger partial charge in [-0.1, -0.05) is 30.3 Å². The predicted octanol–water partition coefficient (Wildman–Crippen LogP) is 3.05. The first-order valence-corrected chi connectivity index (χ1v) is 5.57. The number of hydrogen-bond acceptors (Lipinski definition) is 1. The molecule has 0 aromatic heterocycles. The molecule has 0 aliphatic heterocycles. The summed E-state index contributed by atoms with van der Waals surface area (Å²) in [6.07, 6.45) is 2.45. The molecule has 76 valence electrons. The number of rotatable bonds is 1. The Bertz CT molecular complexity index is 502. The highest BCUT2D eigenvalue weighted by Gasteiger charge is 2.20. The standard InChI is InChI=1S/C14H15N/c1-15-14-7-6-12-8-10-4-2-3-5-11(10)9-13(12)14/h2-5,8-9,14-15H,6-7H2,1H3. The van der Waals surface area contributed by atoms with Crippen LogP contribution in [0.25, 0.3) is 10.8 Å². The molecule has 0 spiro atoms. The molecule has 3 rings (SSSR count). The van der Waals surface area contributed by atoms with Gasteiger partial charge in [-0.3, -0.25) is 0 Å². The van der Waals surface area contributed by atoms with E-state index in [0.29, 0.717) is 6.04 Å². The molecule has 1 unspecified atom stereocenters. The molecule has 1 N–H and O–H groups in total. The molecule has 1 aliphatic carbocycles. The van der Waals surface area contributed by atoms with E-state index in [1.165, 1.54) is 34.7 Å². The van der Waals surface area contributed by atoms with Crippen molar-refractivity contribution in [3.05, 3.63) is 47.5 Å². The normalized spacial score (nSPS) is 19.4. The van der Waals surface area contributed by atoms with Crippen LogP contribution in [0.4, 0.5) is 0 Å². The van der Waals surface area contributed by atoms with Crippen molar-refractivity contribution >= 4 is 10.8 Å². The summed E-state index contributed by atoms with van der Waals surface area (Å²) >= 11 is 0. The van der Waals surface area contributed by atoms with Crippen LogP contribution in [0.5, 0.6) is 0 Å². The fourth-order valence-corrected chi connectivity index (χ4v) is 2.60. The van der Waals surface area contributed by atoms with Gasteiger partial charge in [0, 0.05) is 6.04 Å². The number of aryl methyl sites for hydroxylation is 1. The second-order valence-corrected chi connectivity index (χ2v) is 4.28. The van der Waals surface area contributed by atoms with Crippen molar-refractivity contribution in [1.29, 1.82) is 0 Å². The first-order valence-electron chi connectivity index (χ1n) is 5.57. The number of fused-ring (bicyclic) bond motifs is 2. The molecule has 1 atom stereocenters. The molecule has 0 amide bonds. The average molecular weight is 197 g/mol. The van der Waals surface area contributed by atoms with Gasteiger partial charge < -0.3 is 5.32 Å². The van der Waals surface area contributed by atoms with Crippen LogP contribution in [0.1, 0.15) is 23.6 Å². The molecular formula is C14H15N. The quantitative estimate of drug-likeness (QED) is 0.741. The van der Waals surface area contributed by atoms with Gasteiger partial charge in [-0.15, -0.1) is 0 Å². The summed E-state index contributed by atoms with van der Waals surface area (Å²) in [4.78, 5) is 0. The summed E-state index contributed by atoms with van der Waals surface area (Å²) in [5.41, 5.74) is 3.02. The fourth-order valence-electron chi connectivity index (χ4n) is 2.60. The summed E-state index contributed by atoms with van der Waals surface area (Å²) in [6.45, 7) is 0. The van der Waals surface area contributed by atoms with Crippen LogP contribution >= 0.6 is 0 Å². The van der Waals surface area contributed by atoms with Crippen molar-refractivity contribution in [2.24, 2.45) is 0 Å². The Balaban J connectivity index is 2.23. The van der Waals surface area contributed by atoms with E-state index < -0.39 is 0 Å². The summed E-state index contributed by atoms with van der Waals surface area (Å²) in [5, 5.41) is 6.11. The molecule has 1 nitrogen and oxygen atoms in total. The van der Waals surface area contributed by atoms with Crippen molar-refractivity contribution in [1.82, 2.24) is 5.32 Å². The first-order chi connectivity index (χ1) is 7.38. The van der Waals surface area contributed by atoms with Gasteiger partial charge in [-0.05, 0) is 47.9 Å². The summed E-state index contributed by atoms with van der Waals surface area (Å²) in [6, 6.07) is 13.9. The Labute approximate surface area is 90.1 Å². The molecule has 0 bridgehead atoms. The highest BCUT2D eigenvalue weighted by molar-refractivity contribution is 5.84. The molecular weight excluding hydrogens is 182 g/mol. The van der Waals surface area contributed by atoms with E-state index in [-0.39, 0.29) is 0 Å². The molecule has 2 aromatic carbocycles. The third-order valence-electron chi connectivity index (χ3n) is 3.43. The summed E-state index contributed by atoms with van der Waals surface area (Å²) < 4.78 is 0. The van der Waals surface area contributed by atoms with Crippen LogP contribution in [0, 0.1) is 0 Å². The second-order valence-electron chi connectivity index (χ2n) is 4.28. The topological polar surface area (TPSA) is 12.0 Å². The molecule has 1 aliphatic rings. The number of benzene rings is 2. The molecule has 0 saturated heterocycles. The van der Waals surface area contributed by atoms with E-state index in [1.54, 1.807) is 0 Å². The highest BCUT2D eigenvalue weighted by Crippen LogP contribution is 2.33.